The van der Waals surface area contributed by atoms with Crippen LogP contribution in [0.25, 0.3) is 0 Å². The van der Waals surface area contributed by atoms with Crippen molar-refractivity contribution in [1.82, 2.24) is 9.96 Å². The number of halogens is 1. The van der Waals surface area contributed by atoms with Gasteiger partial charge in [-0.3, -0.25) is 5.21 Å². The summed E-state index contributed by atoms with van der Waals surface area (Å²) in [5.74, 6) is 0. The first kappa shape index (κ1) is 19.9. The fraction of sp³-hybridized carbons (Fsp3) is 0.263. The second kappa shape index (κ2) is 8.06. The van der Waals surface area contributed by atoms with Gasteiger partial charge >= 0.3 is 6.03 Å². The second-order valence-corrected chi connectivity index (χ2v) is 9.47. The molecule has 0 spiro atoms. The van der Waals surface area contributed by atoms with E-state index in [0.717, 1.165) is 10.6 Å². The molecule has 1 aliphatic heterocycles. The van der Waals surface area contributed by atoms with E-state index in [1.54, 1.807) is 24.3 Å². The lowest BCUT2D eigenvalue weighted by molar-refractivity contribution is -0.115. The maximum atomic E-state index is 12.6. The Balaban J connectivity index is 1.81. The topological polar surface area (TPSA) is 55.8 Å². The standard InChI is InChI=1S/C19H20ClN3O2S2/c1-19(2)16(22(18(26)27-19)12-13-7-4-3-5-8-13)23(25)17(24)21-15-10-6-9-14(20)11-15/h3-11,16,25H,12H2,1-2H3,(H,21,24). The molecule has 1 atom stereocenters. The van der Waals surface area contributed by atoms with Crippen LogP contribution in [0.2, 0.25) is 5.02 Å². The molecule has 1 unspecified atom stereocenters. The second-order valence-electron chi connectivity index (χ2n) is 6.74. The maximum Gasteiger partial charge on any atom is 0.347 e. The summed E-state index contributed by atoms with van der Waals surface area (Å²) in [4.78, 5) is 14.5. The van der Waals surface area contributed by atoms with Crippen molar-refractivity contribution in [2.45, 2.75) is 31.3 Å². The monoisotopic (exact) mass is 421 g/mol. The zero-order valence-electron chi connectivity index (χ0n) is 14.9. The van der Waals surface area contributed by atoms with Crippen LogP contribution in [0.5, 0.6) is 0 Å². The number of nitrogens with one attached hydrogen (secondary N) is 1. The number of amides is 2. The predicted molar refractivity (Wildman–Crippen MR) is 114 cm³/mol. The Labute approximate surface area is 173 Å². The number of carbonyl (C=O) groups excluding carboxylic acids is 1. The smallest absolute Gasteiger partial charge is 0.329 e. The predicted octanol–water partition coefficient (Wildman–Crippen LogP) is 5.20. The van der Waals surface area contributed by atoms with Crippen molar-refractivity contribution in [1.29, 1.82) is 0 Å². The SMILES string of the molecule is CC1(C)SC(=S)N(Cc2ccccc2)C1N(O)C(=O)Nc1cccc(Cl)c1. The lowest BCUT2D eigenvalue weighted by atomic mass is 10.1. The molecule has 2 amide bonds. The summed E-state index contributed by atoms with van der Waals surface area (Å²) in [5.41, 5.74) is 1.55. The Kier molecular flexibility index (Phi) is 5.95. The van der Waals surface area contributed by atoms with E-state index in [2.05, 4.69) is 5.32 Å². The first-order valence-electron chi connectivity index (χ1n) is 8.36. The van der Waals surface area contributed by atoms with Gasteiger partial charge in [0.25, 0.3) is 0 Å². The minimum Gasteiger partial charge on any atom is -0.329 e. The van der Waals surface area contributed by atoms with Gasteiger partial charge in [-0.15, -0.1) is 0 Å². The van der Waals surface area contributed by atoms with Crippen molar-refractivity contribution in [2.24, 2.45) is 0 Å². The number of carbonyl (C=O) groups is 1. The fourth-order valence-corrected chi connectivity index (χ4v) is 5.09. The van der Waals surface area contributed by atoms with Crippen LogP contribution in [0.15, 0.2) is 54.6 Å². The largest absolute Gasteiger partial charge is 0.347 e. The summed E-state index contributed by atoms with van der Waals surface area (Å²) in [6.45, 7) is 4.41. The van der Waals surface area contributed by atoms with Crippen LogP contribution in [-0.2, 0) is 6.54 Å². The lowest BCUT2D eigenvalue weighted by Crippen LogP contribution is -2.55. The molecule has 0 saturated carbocycles. The summed E-state index contributed by atoms with van der Waals surface area (Å²) < 4.78 is 0.162. The molecule has 3 rings (SSSR count). The van der Waals surface area contributed by atoms with Crippen molar-refractivity contribution in [3.8, 4) is 0 Å². The molecule has 0 radical (unpaired) electrons. The van der Waals surface area contributed by atoms with Gasteiger partial charge in [-0.25, -0.2) is 4.79 Å². The molecule has 8 heteroatoms. The maximum absolute atomic E-state index is 12.6. The van der Waals surface area contributed by atoms with Gasteiger partial charge < -0.3 is 10.2 Å². The molecule has 27 heavy (non-hydrogen) atoms. The zero-order valence-corrected chi connectivity index (χ0v) is 17.3. The zero-order chi connectivity index (χ0) is 19.6. The van der Waals surface area contributed by atoms with Gasteiger partial charge in [-0.2, -0.15) is 5.06 Å². The van der Waals surface area contributed by atoms with Gasteiger partial charge in [0.05, 0.1) is 4.75 Å². The van der Waals surface area contributed by atoms with Crippen LogP contribution in [0.4, 0.5) is 10.5 Å². The van der Waals surface area contributed by atoms with E-state index in [0.29, 0.717) is 21.6 Å². The number of nitrogens with zero attached hydrogens (tertiary/aromatic N) is 2. The average Bonchev–Trinajstić information content (AvgIpc) is 2.83. The quantitative estimate of drug-likeness (QED) is 0.403. The highest BCUT2D eigenvalue weighted by Gasteiger charge is 2.49. The molecule has 2 N–H and O–H groups in total. The number of thioether (sulfide) groups is 1. The number of hydrogen-bond acceptors (Lipinski definition) is 4. The van der Waals surface area contributed by atoms with Crippen LogP contribution in [-0.4, -0.2) is 36.4 Å². The molecule has 2 aromatic rings. The van der Waals surface area contributed by atoms with Gasteiger partial charge in [0, 0.05) is 17.3 Å². The summed E-state index contributed by atoms with van der Waals surface area (Å²) >= 11 is 12.9. The number of anilines is 1. The van der Waals surface area contributed by atoms with Crippen molar-refractivity contribution >= 4 is 51.6 Å². The minimum atomic E-state index is -0.640. The van der Waals surface area contributed by atoms with Crippen molar-refractivity contribution in [3.63, 3.8) is 0 Å². The van der Waals surface area contributed by atoms with E-state index >= 15 is 0 Å². The number of urea groups is 1. The lowest BCUT2D eigenvalue weighted by Gasteiger charge is -2.36. The molecule has 0 aliphatic carbocycles. The third-order valence-corrected chi connectivity index (χ3v) is 6.08. The Morgan fingerprint density at radius 1 is 1.30 bits per heavy atom. The molecule has 1 aliphatic rings. The fourth-order valence-electron chi connectivity index (χ4n) is 3.03. The number of benzene rings is 2. The normalized spacial score (nSPS) is 18.4. The highest BCUT2D eigenvalue weighted by Crippen LogP contribution is 2.43. The molecule has 1 fully saturated rings. The minimum absolute atomic E-state index is 0.480. The molecule has 0 bridgehead atoms. The number of rotatable bonds is 4. The van der Waals surface area contributed by atoms with Crippen molar-refractivity contribution in [2.75, 3.05) is 5.32 Å². The Morgan fingerprint density at radius 3 is 2.67 bits per heavy atom. The molecule has 1 saturated heterocycles. The van der Waals surface area contributed by atoms with Crippen LogP contribution >= 0.6 is 35.6 Å². The third kappa shape index (κ3) is 4.55. The molecule has 0 aromatic heterocycles. The van der Waals surface area contributed by atoms with Gasteiger partial charge in [-0.05, 0) is 37.6 Å². The van der Waals surface area contributed by atoms with Crippen LogP contribution in [0.1, 0.15) is 19.4 Å². The first-order chi connectivity index (χ1) is 12.8. The summed E-state index contributed by atoms with van der Waals surface area (Å²) in [7, 11) is 0. The van der Waals surface area contributed by atoms with E-state index in [1.807, 2.05) is 49.1 Å². The van der Waals surface area contributed by atoms with Crippen LogP contribution < -0.4 is 5.32 Å². The first-order valence-corrected chi connectivity index (χ1v) is 9.96. The van der Waals surface area contributed by atoms with Gasteiger partial charge in [-0.1, -0.05) is 72.0 Å². The van der Waals surface area contributed by atoms with E-state index < -0.39 is 16.9 Å². The van der Waals surface area contributed by atoms with E-state index in [-0.39, 0.29) is 0 Å². The van der Waals surface area contributed by atoms with Gasteiger partial charge in [0.1, 0.15) is 10.5 Å². The summed E-state index contributed by atoms with van der Waals surface area (Å²) in [6.07, 6.45) is -0.616. The van der Waals surface area contributed by atoms with E-state index in [9.17, 15) is 10.0 Å². The van der Waals surface area contributed by atoms with Gasteiger partial charge in [0.2, 0.25) is 0 Å². The molecule has 5 nitrogen and oxygen atoms in total. The molecular formula is C19H20ClN3O2S2. The molecule has 1 heterocycles. The van der Waals surface area contributed by atoms with Crippen LogP contribution in [0, 0.1) is 0 Å². The number of hydrogen-bond donors (Lipinski definition) is 2. The highest BCUT2D eigenvalue weighted by atomic mass is 35.5. The Morgan fingerprint density at radius 2 is 2.00 bits per heavy atom. The van der Waals surface area contributed by atoms with E-state index in [1.165, 1.54) is 11.8 Å². The highest BCUT2D eigenvalue weighted by molar-refractivity contribution is 8.24. The Bertz CT molecular complexity index is 848. The molecule has 2 aromatic carbocycles. The molecular weight excluding hydrogens is 402 g/mol. The average molecular weight is 422 g/mol. The van der Waals surface area contributed by atoms with Crippen molar-refractivity contribution in [3.05, 3.63) is 65.2 Å². The summed E-state index contributed by atoms with van der Waals surface area (Å²) in [5, 5.41) is 14.6. The van der Waals surface area contributed by atoms with Crippen LogP contribution in [0.3, 0.4) is 0 Å². The van der Waals surface area contributed by atoms with Crippen molar-refractivity contribution < 1.29 is 10.0 Å². The van der Waals surface area contributed by atoms with E-state index in [4.69, 9.17) is 23.8 Å². The summed E-state index contributed by atoms with van der Waals surface area (Å²) in [6, 6.07) is 15.9. The van der Waals surface area contributed by atoms with Gasteiger partial charge in [0.15, 0.2) is 0 Å². The number of hydroxylamine groups is 2. The number of thiocarbonyl (C=S) groups is 1. The Hall–Kier alpha value is -1.80. The molecule has 142 valence electrons. The third-order valence-electron chi connectivity index (χ3n) is 4.21.